The minimum atomic E-state index is -0.819. The highest BCUT2D eigenvalue weighted by atomic mass is 16.6. The van der Waals surface area contributed by atoms with E-state index in [-0.39, 0.29) is 18.1 Å². The molecule has 0 radical (unpaired) electrons. The number of rotatable bonds is 5. The number of cyclic esters (lactones) is 1. The summed E-state index contributed by atoms with van der Waals surface area (Å²) in [4.78, 5) is 23.5. The molecular formula is C11H20N2O4. The normalized spacial score (nSPS) is 20.2. The average molecular weight is 244 g/mol. The fraction of sp³-hybridized carbons (Fsp3) is 0.818. The van der Waals surface area contributed by atoms with Crippen molar-refractivity contribution in [2.75, 3.05) is 19.6 Å². The van der Waals surface area contributed by atoms with Crippen LogP contribution in [-0.4, -0.2) is 53.3 Å². The first kappa shape index (κ1) is 13.8. The minimum absolute atomic E-state index is 0.0887. The van der Waals surface area contributed by atoms with Crippen LogP contribution in [-0.2, 0) is 9.53 Å². The number of aliphatic carboxylic acids is 1. The average Bonchev–Trinajstić information content (AvgIpc) is 2.56. The molecule has 1 heterocycles. The number of carbonyl (C=O) groups is 2. The first-order valence-electron chi connectivity index (χ1n) is 5.70. The van der Waals surface area contributed by atoms with Crippen LogP contribution < -0.4 is 5.32 Å². The predicted molar refractivity (Wildman–Crippen MR) is 61.9 cm³/mol. The van der Waals surface area contributed by atoms with E-state index < -0.39 is 12.1 Å². The number of carboxylic acid groups (broad SMARTS) is 1. The number of carboxylic acids is 1. The second kappa shape index (κ2) is 5.35. The van der Waals surface area contributed by atoms with Gasteiger partial charge >= 0.3 is 12.1 Å². The van der Waals surface area contributed by atoms with E-state index >= 15 is 0 Å². The molecule has 1 saturated heterocycles. The number of nitrogens with one attached hydrogen (secondary N) is 1. The molecule has 0 aromatic carbocycles. The van der Waals surface area contributed by atoms with Crippen molar-refractivity contribution in [2.45, 2.75) is 38.8 Å². The van der Waals surface area contributed by atoms with Crippen molar-refractivity contribution in [3.05, 3.63) is 0 Å². The highest BCUT2D eigenvalue weighted by Gasteiger charge is 2.29. The van der Waals surface area contributed by atoms with E-state index in [2.05, 4.69) is 5.32 Å². The smallest absolute Gasteiger partial charge is 0.407 e. The minimum Gasteiger partial charge on any atom is -0.481 e. The Kier molecular flexibility index (Phi) is 4.34. The summed E-state index contributed by atoms with van der Waals surface area (Å²) < 4.78 is 5.05. The fourth-order valence-corrected chi connectivity index (χ4v) is 1.71. The van der Waals surface area contributed by atoms with Crippen LogP contribution >= 0.6 is 0 Å². The van der Waals surface area contributed by atoms with Crippen molar-refractivity contribution in [2.24, 2.45) is 0 Å². The SMILES string of the molecule is CC(C)(C)N(CCC(=O)O)CC1CNC(=O)O1. The lowest BCUT2D eigenvalue weighted by molar-refractivity contribution is -0.137. The Morgan fingerprint density at radius 1 is 1.59 bits per heavy atom. The van der Waals surface area contributed by atoms with E-state index in [4.69, 9.17) is 9.84 Å². The van der Waals surface area contributed by atoms with E-state index in [1.807, 2.05) is 25.7 Å². The van der Waals surface area contributed by atoms with Crippen molar-refractivity contribution >= 4 is 12.1 Å². The Bertz CT molecular complexity index is 298. The quantitative estimate of drug-likeness (QED) is 0.743. The van der Waals surface area contributed by atoms with Gasteiger partial charge in [0.25, 0.3) is 0 Å². The molecule has 6 heteroatoms. The van der Waals surface area contributed by atoms with Crippen LogP contribution in [0.25, 0.3) is 0 Å². The van der Waals surface area contributed by atoms with Crippen LogP contribution in [0.1, 0.15) is 27.2 Å². The van der Waals surface area contributed by atoms with Crippen molar-refractivity contribution in [1.82, 2.24) is 10.2 Å². The Morgan fingerprint density at radius 2 is 2.24 bits per heavy atom. The third kappa shape index (κ3) is 4.60. The Hall–Kier alpha value is -1.30. The van der Waals surface area contributed by atoms with Crippen LogP contribution in [0.4, 0.5) is 4.79 Å². The molecule has 1 aliphatic rings. The van der Waals surface area contributed by atoms with Gasteiger partial charge in [-0.25, -0.2) is 4.79 Å². The molecule has 0 aromatic rings. The van der Waals surface area contributed by atoms with Crippen molar-refractivity contribution in [3.63, 3.8) is 0 Å². The summed E-state index contributed by atoms with van der Waals surface area (Å²) in [5, 5.41) is 11.3. The second-order valence-corrected chi connectivity index (χ2v) is 5.17. The molecule has 1 aliphatic heterocycles. The maximum Gasteiger partial charge on any atom is 0.407 e. The zero-order valence-corrected chi connectivity index (χ0v) is 10.5. The molecule has 0 spiro atoms. The van der Waals surface area contributed by atoms with Crippen LogP contribution in [0.15, 0.2) is 0 Å². The highest BCUT2D eigenvalue weighted by Crippen LogP contribution is 2.16. The predicted octanol–water partition coefficient (Wildman–Crippen LogP) is 0.670. The molecular weight excluding hydrogens is 224 g/mol. The Morgan fingerprint density at radius 3 is 2.65 bits per heavy atom. The number of carbonyl (C=O) groups excluding carboxylic acids is 1. The lowest BCUT2D eigenvalue weighted by Gasteiger charge is -2.36. The van der Waals surface area contributed by atoms with Crippen molar-refractivity contribution < 1.29 is 19.4 Å². The molecule has 1 amide bonds. The zero-order valence-electron chi connectivity index (χ0n) is 10.5. The molecule has 1 rings (SSSR count). The summed E-state index contributed by atoms with van der Waals surface area (Å²) in [6.07, 6.45) is -0.511. The van der Waals surface area contributed by atoms with Gasteiger partial charge in [-0.3, -0.25) is 9.69 Å². The third-order valence-electron chi connectivity index (χ3n) is 2.72. The van der Waals surface area contributed by atoms with Gasteiger partial charge in [-0.15, -0.1) is 0 Å². The molecule has 0 aliphatic carbocycles. The molecule has 1 atom stereocenters. The van der Waals surface area contributed by atoms with Crippen LogP contribution in [0.5, 0.6) is 0 Å². The van der Waals surface area contributed by atoms with Gasteiger partial charge in [-0.05, 0) is 20.8 Å². The number of ether oxygens (including phenoxy) is 1. The van der Waals surface area contributed by atoms with E-state index in [0.29, 0.717) is 19.6 Å². The fourth-order valence-electron chi connectivity index (χ4n) is 1.71. The molecule has 98 valence electrons. The van der Waals surface area contributed by atoms with Gasteiger partial charge in [-0.2, -0.15) is 0 Å². The number of amides is 1. The summed E-state index contributed by atoms with van der Waals surface area (Å²) in [6.45, 7) is 7.53. The summed E-state index contributed by atoms with van der Waals surface area (Å²) in [5.74, 6) is -0.819. The van der Waals surface area contributed by atoms with Crippen molar-refractivity contribution in [3.8, 4) is 0 Å². The van der Waals surface area contributed by atoms with Crippen LogP contribution in [0, 0.1) is 0 Å². The number of hydrogen-bond acceptors (Lipinski definition) is 4. The topological polar surface area (TPSA) is 78.9 Å². The van der Waals surface area contributed by atoms with Gasteiger partial charge < -0.3 is 15.2 Å². The Balaban J connectivity index is 2.51. The van der Waals surface area contributed by atoms with Gasteiger partial charge in [0.15, 0.2) is 0 Å². The number of alkyl carbamates (subject to hydrolysis) is 1. The standard InChI is InChI=1S/C11H20N2O4/c1-11(2,3)13(5-4-9(14)15)7-8-6-12-10(16)17-8/h8H,4-7H2,1-3H3,(H,12,16)(H,14,15). The number of hydrogen-bond donors (Lipinski definition) is 2. The monoisotopic (exact) mass is 244 g/mol. The lowest BCUT2D eigenvalue weighted by atomic mass is 10.0. The molecule has 1 unspecified atom stereocenters. The van der Waals surface area contributed by atoms with Crippen molar-refractivity contribution in [1.29, 1.82) is 0 Å². The van der Waals surface area contributed by atoms with E-state index in [1.165, 1.54) is 0 Å². The summed E-state index contributed by atoms with van der Waals surface area (Å²) >= 11 is 0. The molecule has 6 nitrogen and oxygen atoms in total. The molecule has 0 bridgehead atoms. The first-order chi connectivity index (χ1) is 7.79. The maximum absolute atomic E-state index is 10.9. The third-order valence-corrected chi connectivity index (χ3v) is 2.72. The largest absolute Gasteiger partial charge is 0.481 e. The highest BCUT2D eigenvalue weighted by molar-refractivity contribution is 5.69. The molecule has 1 fully saturated rings. The summed E-state index contributed by atoms with van der Waals surface area (Å²) in [5.41, 5.74) is -0.148. The van der Waals surface area contributed by atoms with Gasteiger partial charge in [-0.1, -0.05) is 0 Å². The van der Waals surface area contributed by atoms with Crippen LogP contribution in [0.3, 0.4) is 0 Å². The van der Waals surface area contributed by atoms with Gasteiger partial charge in [0.2, 0.25) is 0 Å². The first-order valence-corrected chi connectivity index (χ1v) is 5.70. The Labute approximate surface area is 101 Å². The van der Waals surface area contributed by atoms with E-state index in [1.54, 1.807) is 0 Å². The van der Waals surface area contributed by atoms with Gasteiger partial charge in [0.1, 0.15) is 6.10 Å². The van der Waals surface area contributed by atoms with Gasteiger partial charge in [0.05, 0.1) is 13.0 Å². The maximum atomic E-state index is 10.9. The summed E-state index contributed by atoms with van der Waals surface area (Å²) in [6, 6.07) is 0. The molecule has 0 aromatic heterocycles. The van der Waals surface area contributed by atoms with Gasteiger partial charge in [0, 0.05) is 18.6 Å². The zero-order chi connectivity index (χ0) is 13.1. The summed E-state index contributed by atoms with van der Waals surface area (Å²) in [7, 11) is 0. The molecule has 2 N–H and O–H groups in total. The lowest BCUT2D eigenvalue weighted by Crippen LogP contribution is -2.47. The number of nitrogens with zero attached hydrogens (tertiary/aromatic N) is 1. The second-order valence-electron chi connectivity index (χ2n) is 5.17. The van der Waals surface area contributed by atoms with Crippen LogP contribution in [0.2, 0.25) is 0 Å². The molecule has 0 saturated carbocycles. The molecule has 17 heavy (non-hydrogen) atoms. The van der Waals surface area contributed by atoms with E-state index in [0.717, 1.165) is 0 Å². The van der Waals surface area contributed by atoms with E-state index in [9.17, 15) is 9.59 Å².